The van der Waals surface area contributed by atoms with E-state index < -0.39 is 5.97 Å². The molecule has 2 rings (SSSR count). The number of carboxylic acid groups (broad SMARTS) is 1. The van der Waals surface area contributed by atoms with E-state index in [-0.39, 0.29) is 0 Å². The first kappa shape index (κ1) is 12.5. The number of rotatable bonds is 5. The molecule has 0 fully saturated rings. The maximum atomic E-state index is 10.4. The van der Waals surface area contributed by atoms with E-state index in [0.29, 0.717) is 0 Å². The molecule has 92 valence electrons. The predicted molar refractivity (Wildman–Crippen MR) is 72.6 cm³/mol. The molecule has 2 aromatic rings. The Morgan fingerprint density at radius 3 is 2.78 bits per heavy atom. The molecule has 0 aliphatic rings. The van der Waals surface area contributed by atoms with Gasteiger partial charge < -0.3 is 5.11 Å². The highest BCUT2D eigenvalue weighted by atomic mass is 32.1. The molecular formula is C14H13NO2S. The third-order valence-electron chi connectivity index (χ3n) is 2.43. The topological polar surface area (TPSA) is 50.2 Å². The molecule has 1 N–H and O–H groups in total. The van der Waals surface area contributed by atoms with Gasteiger partial charge in [0.15, 0.2) is 0 Å². The van der Waals surface area contributed by atoms with Gasteiger partial charge in [-0.05, 0) is 18.1 Å². The van der Waals surface area contributed by atoms with Gasteiger partial charge in [-0.1, -0.05) is 30.3 Å². The number of benzene rings is 1. The van der Waals surface area contributed by atoms with Crippen molar-refractivity contribution in [1.29, 1.82) is 0 Å². The van der Waals surface area contributed by atoms with Crippen molar-refractivity contribution in [3.05, 3.63) is 58.1 Å². The summed E-state index contributed by atoms with van der Waals surface area (Å²) < 4.78 is 0. The van der Waals surface area contributed by atoms with Crippen molar-refractivity contribution in [1.82, 2.24) is 4.98 Å². The van der Waals surface area contributed by atoms with Crippen molar-refractivity contribution >= 4 is 23.4 Å². The Balaban J connectivity index is 1.93. The standard InChI is InChI=1S/C14H13NO2S/c16-14(17)9-7-12-10-15-13(18-12)8-6-11-4-2-1-3-5-11/h1-5,7,9-10H,6,8H2,(H,16,17)/b9-7+. The van der Waals surface area contributed by atoms with Crippen LogP contribution in [0.3, 0.4) is 0 Å². The smallest absolute Gasteiger partial charge is 0.328 e. The molecule has 0 saturated heterocycles. The summed E-state index contributed by atoms with van der Waals surface area (Å²) in [4.78, 5) is 15.5. The van der Waals surface area contributed by atoms with E-state index in [2.05, 4.69) is 17.1 Å². The van der Waals surface area contributed by atoms with Gasteiger partial charge in [0.1, 0.15) is 0 Å². The molecule has 0 spiro atoms. The number of aromatic nitrogens is 1. The lowest BCUT2D eigenvalue weighted by molar-refractivity contribution is -0.131. The van der Waals surface area contributed by atoms with Crippen molar-refractivity contribution in [3.63, 3.8) is 0 Å². The van der Waals surface area contributed by atoms with Gasteiger partial charge in [0.05, 0.1) is 5.01 Å². The minimum absolute atomic E-state index is 0.875. The Morgan fingerprint density at radius 1 is 1.28 bits per heavy atom. The predicted octanol–water partition coefficient (Wildman–Crippen LogP) is 3.03. The second-order valence-electron chi connectivity index (χ2n) is 3.81. The van der Waals surface area contributed by atoms with Crippen LogP contribution in [0.1, 0.15) is 15.4 Å². The SMILES string of the molecule is O=C(O)/C=C/c1cnc(CCc2ccccc2)s1. The summed E-state index contributed by atoms with van der Waals surface area (Å²) in [5.41, 5.74) is 1.29. The van der Waals surface area contributed by atoms with Crippen LogP contribution in [0.25, 0.3) is 6.08 Å². The molecule has 0 bridgehead atoms. The Morgan fingerprint density at radius 2 is 2.06 bits per heavy atom. The summed E-state index contributed by atoms with van der Waals surface area (Å²) >= 11 is 1.53. The average molecular weight is 259 g/mol. The molecule has 0 unspecified atom stereocenters. The van der Waals surface area contributed by atoms with Gasteiger partial charge in [0.2, 0.25) is 0 Å². The van der Waals surface area contributed by atoms with Crippen LogP contribution in [0.5, 0.6) is 0 Å². The van der Waals surface area contributed by atoms with Crippen LogP contribution >= 0.6 is 11.3 Å². The second kappa shape index (κ2) is 6.12. The van der Waals surface area contributed by atoms with Crippen molar-refractivity contribution < 1.29 is 9.90 Å². The number of aliphatic carboxylic acids is 1. The van der Waals surface area contributed by atoms with Gasteiger partial charge in [-0.25, -0.2) is 9.78 Å². The quantitative estimate of drug-likeness (QED) is 0.840. The van der Waals surface area contributed by atoms with Crippen molar-refractivity contribution in [2.75, 3.05) is 0 Å². The number of hydrogen-bond acceptors (Lipinski definition) is 3. The molecule has 3 nitrogen and oxygen atoms in total. The highest BCUT2D eigenvalue weighted by molar-refractivity contribution is 7.12. The summed E-state index contributed by atoms with van der Waals surface area (Å²) in [7, 11) is 0. The fourth-order valence-electron chi connectivity index (χ4n) is 1.57. The summed E-state index contributed by atoms with van der Waals surface area (Å²) in [5.74, 6) is -0.936. The maximum Gasteiger partial charge on any atom is 0.328 e. The molecule has 1 heterocycles. The fourth-order valence-corrected chi connectivity index (χ4v) is 2.39. The van der Waals surface area contributed by atoms with E-state index in [1.807, 2.05) is 18.2 Å². The largest absolute Gasteiger partial charge is 0.478 e. The second-order valence-corrected chi connectivity index (χ2v) is 4.96. The number of thiazole rings is 1. The molecule has 0 aliphatic carbocycles. The zero-order valence-corrected chi connectivity index (χ0v) is 10.6. The molecule has 1 aromatic carbocycles. The van der Waals surface area contributed by atoms with Crippen LogP contribution in [0.15, 0.2) is 42.6 Å². The van der Waals surface area contributed by atoms with Crippen LogP contribution in [-0.4, -0.2) is 16.1 Å². The first-order chi connectivity index (χ1) is 8.74. The van der Waals surface area contributed by atoms with Crippen LogP contribution in [0.4, 0.5) is 0 Å². The summed E-state index contributed by atoms with van der Waals surface area (Å²) in [6, 6.07) is 10.2. The first-order valence-electron chi connectivity index (χ1n) is 5.63. The number of nitrogens with zero attached hydrogens (tertiary/aromatic N) is 1. The lowest BCUT2D eigenvalue weighted by Crippen LogP contribution is -1.89. The zero-order valence-electron chi connectivity index (χ0n) is 9.74. The van der Waals surface area contributed by atoms with Gasteiger partial charge in [0.25, 0.3) is 0 Å². The van der Waals surface area contributed by atoms with Crippen LogP contribution in [-0.2, 0) is 17.6 Å². The third-order valence-corrected chi connectivity index (χ3v) is 3.45. The number of carbonyl (C=O) groups is 1. The van der Waals surface area contributed by atoms with Gasteiger partial charge in [-0.2, -0.15) is 0 Å². The van der Waals surface area contributed by atoms with Crippen molar-refractivity contribution in [2.45, 2.75) is 12.8 Å². The highest BCUT2D eigenvalue weighted by Crippen LogP contribution is 2.16. The third kappa shape index (κ3) is 3.82. The van der Waals surface area contributed by atoms with Crippen molar-refractivity contribution in [3.8, 4) is 0 Å². The van der Waals surface area contributed by atoms with Crippen LogP contribution < -0.4 is 0 Å². The highest BCUT2D eigenvalue weighted by Gasteiger charge is 2.01. The number of hydrogen-bond donors (Lipinski definition) is 1. The molecule has 18 heavy (non-hydrogen) atoms. The minimum Gasteiger partial charge on any atom is -0.478 e. The molecule has 1 aromatic heterocycles. The maximum absolute atomic E-state index is 10.4. The first-order valence-corrected chi connectivity index (χ1v) is 6.45. The van der Waals surface area contributed by atoms with Gasteiger partial charge in [0, 0.05) is 23.6 Å². The van der Waals surface area contributed by atoms with Crippen LogP contribution in [0.2, 0.25) is 0 Å². The van der Waals surface area contributed by atoms with E-state index in [9.17, 15) is 4.79 Å². The zero-order chi connectivity index (χ0) is 12.8. The van der Waals surface area contributed by atoms with E-state index in [1.165, 1.54) is 16.9 Å². The van der Waals surface area contributed by atoms with Gasteiger partial charge in [-0.15, -0.1) is 11.3 Å². The molecular weight excluding hydrogens is 246 g/mol. The molecule has 0 amide bonds. The van der Waals surface area contributed by atoms with Crippen molar-refractivity contribution in [2.24, 2.45) is 0 Å². The Hall–Kier alpha value is -1.94. The average Bonchev–Trinajstić information content (AvgIpc) is 2.83. The molecule has 4 heteroatoms. The van der Waals surface area contributed by atoms with E-state index in [0.717, 1.165) is 28.8 Å². The van der Waals surface area contributed by atoms with Crippen LogP contribution in [0, 0.1) is 0 Å². The monoisotopic (exact) mass is 259 g/mol. The molecule has 0 radical (unpaired) electrons. The van der Waals surface area contributed by atoms with E-state index >= 15 is 0 Å². The van der Waals surface area contributed by atoms with E-state index in [4.69, 9.17) is 5.11 Å². The Kier molecular flexibility index (Phi) is 4.25. The minimum atomic E-state index is -0.936. The normalized spacial score (nSPS) is 10.9. The number of aryl methyl sites for hydroxylation is 2. The lowest BCUT2D eigenvalue weighted by Gasteiger charge is -1.97. The summed E-state index contributed by atoms with van der Waals surface area (Å²) in [6.45, 7) is 0. The van der Waals surface area contributed by atoms with Gasteiger partial charge in [-0.3, -0.25) is 0 Å². The molecule has 0 aliphatic heterocycles. The number of carboxylic acids is 1. The Bertz CT molecular complexity index is 546. The van der Waals surface area contributed by atoms with Gasteiger partial charge >= 0.3 is 5.97 Å². The fraction of sp³-hybridized carbons (Fsp3) is 0.143. The molecule has 0 atom stereocenters. The summed E-state index contributed by atoms with van der Waals surface area (Å²) in [6.07, 6.45) is 6.26. The Labute approximate surface area is 109 Å². The molecule has 0 saturated carbocycles. The summed E-state index contributed by atoms with van der Waals surface area (Å²) in [5, 5.41) is 9.56. The van der Waals surface area contributed by atoms with E-state index in [1.54, 1.807) is 12.3 Å². The lowest BCUT2D eigenvalue weighted by atomic mass is 10.1.